The lowest BCUT2D eigenvalue weighted by molar-refractivity contribution is -0.601. The van der Waals surface area contributed by atoms with E-state index in [1.54, 1.807) is 6.20 Å². The molecule has 5 rings (SSSR count). The van der Waals surface area contributed by atoms with Crippen molar-refractivity contribution < 1.29 is 8.98 Å². The highest BCUT2D eigenvalue weighted by molar-refractivity contribution is 6.83. The maximum atomic E-state index is 5.92. The first-order chi connectivity index (χ1) is 13.1. The minimum atomic E-state index is 0.118. The SMILES string of the molecule is Cc1n(C)c(B2C=c3c(oc4ncccc34)=CN2C)c[n+]1-c1ccccc1. The molecule has 4 aromatic rings. The molecule has 3 aromatic heterocycles. The van der Waals surface area contributed by atoms with Gasteiger partial charge in [-0.05, 0) is 31.3 Å². The second-order valence-electron chi connectivity index (χ2n) is 7.01. The number of hydrogen-bond acceptors (Lipinski definition) is 3. The zero-order valence-electron chi connectivity index (χ0n) is 15.6. The van der Waals surface area contributed by atoms with Crippen LogP contribution in [0.25, 0.3) is 29.0 Å². The highest BCUT2D eigenvalue weighted by Crippen LogP contribution is 2.08. The van der Waals surface area contributed by atoms with Crippen LogP contribution in [-0.2, 0) is 7.05 Å². The van der Waals surface area contributed by atoms with Gasteiger partial charge in [0.1, 0.15) is 17.5 Å². The molecule has 0 spiro atoms. The monoisotopic (exact) mass is 355 g/mol. The summed E-state index contributed by atoms with van der Waals surface area (Å²) in [6, 6.07) is 14.5. The summed E-state index contributed by atoms with van der Waals surface area (Å²) >= 11 is 0. The Morgan fingerprint density at radius 2 is 1.89 bits per heavy atom. The van der Waals surface area contributed by atoms with Crippen LogP contribution in [0.1, 0.15) is 5.82 Å². The molecular formula is C21H20BN4O+. The topological polar surface area (TPSA) is 38.1 Å². The van der Waals surface area contributed by atoms with Gasteiger partial charge in [-0.3, -0.25) is 0 Å². The van der Waals surface area contributed by atoms with Crippen LogP contribution in [0.4, 0.5) is 0 Å². The van der Waals surface area contributed by atoms with E-state index in [0.717, 1.165) is 21.7 Å². The molecule has 132 valence electrons. The largest absolute Gasteiger partial charge is 0.436 e. The zero-order valence-corrected chi connectivity index (χ0v) is 15.6. The van der Waals surface area contributed by atoms with Crippen molar-refractivity contribution in [3.63, 3.8) is 0 Å². The number of nitrogens with zero attached hydrogens (tertiary/aromatic N) is 4. The number of imidazole rings is 1. The quantitative estimate of drug-likeness (QED) is 0.392. The number of fused-ring (bicyclic) bond motifs is 3. The number of para-hydroxylation sites is 1. The summed E-state index contributed by atoms with van der Waals surface area (Å²) in [6.07, 6.45) is 6.06. The van der Waals surface area contributed by atoms with Gasteiger partial charge >= 0.3 is 6.85 Å². The standard InChI is InChI=1S/C21H20BN4O/c1-15-25(3)20(14-26(15)16-8-5-4-6-9-16)22-12-18-17-10-7-11-23-21(17)27-19(18)13-24(22)2/h4-14H,1-3H3/q+1. The lowest BCUT2D eigenvalue weighted by Crippen LogP contribution is -2.50. The van der Waals surface area contributed by atoms with Crippen molar-refractivity contribution in [2.24, 2.45) is 7.05 Å². The van der Waals surface area contributed by atoms with Crippen molar-refractivity contribution in [3.05, 3.63) is 71.3 Å². The van der Waals surface area contributed by atoms with E-state index in [0.29, 0.717) is 5.71 Å². The molecule has 0 amide bonds. The number of benzene rings is 1. The van der Waals surface area contributed by atoms with E-state index in [1.165, 1.54) is 11.4 Å². The molecule has 0 atom stereocenters. The molecule has 27 heavy (non-hydrogen) atoms. The molecule has 6 heteroatoms. The summed E-state index contributed by atoms with van der Waals surface area (Å²) in [4.78, 5) is 6.54. The second-order valence-corrected chi connectivity index (χ2v) is 7.01. The minimum absolute atomic E-state index is 0.118. The molecule has 0 aliphatic carbocycles. The van der Waals surface area contributed by atoms with Crippen LogP contribution in [0.15, 0.2) is 59.3 Å². The van der Waals surface area contributed by atoms with Crippen molar-refractivity contribution >= 4 is 35.7 Å². The predicted molar refractivity (Wildman–Crippen MR) is 107 cm³/mol. The summed E-state index contributed by atoms with van der Waals surface area (Å²) in [5, 5.41) is 2.18. The summed E-state index contributed by atoms with van der Waals surface area (Å²) < 4.78 is 10.4. The fourth-order valence-corrected chi connectivity index (χ4v) is 3.86. The molecule has 0 saturated carbocycles. The van der Waals surface area contributed by atoms with Gasteiger partial charge in [0.05, 0.1) is 7.05 Å². The first kappa shape index (κ1) is 15.9. The van der Waals surface area contributed by atoms with Crippen LogP contribution < -0.4 is 20.8 Å². The molecule has 0 unspecified atom stereocenters. The highest BCUT2D eigenvalue weighted by Gasteiger charge is 2.32. The fraction of sp³-hybridized carbons (Fsp3) is 0.143. The van der Waals surface area contributed by atoms with Gasteiger partial charge in [-0.1, -0.05) is 24.2 Å². The molecule has 4 heterocycles. The molecular weight excluding hydrogens is 335 g/mol. The Balaban J connectivity index is 1.70. The van der Waals surface area contributed by atoms with Crippen LogP contribution in [0.3, 0.4) is 0 Å². The maximum Gasteiger partial charge on any atom is 0.368 e. The first-order valence-corrected chi connectivity index (χ1v) is 9.06. The number of hydrogen-bond donors (Lipinski definition) is 0. The average molecular weight is 355 g/mol. The van der Waals surface area contributed by atoms with Crippen LogP contribution in [0, 0.1) is 6.92 Å². The van der Waals surface area contributed by atoms with Crippen LogP contribution in [-0.4, -0.2) is 28.3 Å². The van der Waals surface area contributed by atoms with E-state index >= 15 is 0 Å². The number of pyridine rings is 1. The van der Waals surface area contributed by atoms with Gasteiger partial charge in [-0.15, -0.1) is 0 Å². The van der Waals surface area contributed by atoms with Gasteiger partial charge in [-0.2, -0.15) is 0 Å². The lowest BCUT2D eigenvalue weighted by atomic mass is 9.56. The van der Waals surface area contributed by atoms with E-state index in [2.05, 4.69) is 88.7 Å². The Morgan fingerprint density at radius 1 is 1.07 bits per heavy atom. The number of aromatic nitrogens is 3. The molecule has 0 saturated heterocycles. The van der Waals surface area contributed by atoms with Gasteiger partial charge in [-0.25, -0.2) is 14.1 Å². The molecule has 0 radical (unpaired) electrons. The third-order valence-electron chi connectivity index (χ3n) is 5.44. The van der Waals surface area contributed by atoms with Crippen LogP contribution in [0.2, 0.25) is 0 Å². The molecule has 5 nitrogen and oxygen atoms in total. The average Bonchev–Trinajstić information content (AvgIpc) is 3.19. The van der Waals surface area contributed by atoms with E-state index < -0.39 is 0 Å². The second kappa shape index (κ2) is 5.88. The summed E-state index contributed by atoms with van der Waals surface area (Å²) in [7, 11) is 4.20. The molecule has 0 N–H and O–H groups in total. The van der Waals surface area contributed by atoms with Crippen molar-refractivity contribution in [2.45, 2.75) is 6.92 Å². The normalized spacial score (nSPS) is 13.4. The van der Waals surface area contributed by atoms with Gasteiger partial charge in [0.15, 0.2) is 5.42 Å². The third kappa shape index (κ3) is 2.40. The van der Waals surface area contributed by atoms with Gasteiger partial charge < -0.3 is 9.23 Å². The van der Waals surface area contributed by atoms with E-state index in [9.17, 15) is 0 Å². The van der Waals surface area contributed by atoms with Crippen LogP contribution >= 0.6 is 0 Å². The van der Waals surface area contributed by atoms with Gasteiger partial charge in [0, 0.05) is 29.9 Å². The highest BCUT2D eigenvalue weighted by atomic mass is 16.3. The van der Waals surface area contributed by atoms with Gasteiger partial charge in [0.2, 0.25) is 5.71 Å². The van der Waals surface area contributed by atoms with Gasteiger partial charge in [0.25, 0.3) is 5.82 Å². The number of furan rings is 1. The smallest absolute Gasteiger partial charge is 0.368 e. The molecule has 1 aliphatic rings. The summed E-state index contributed by atoms with van der Waals surface area (Å²) in [5.74, 6) is 3.45. The minimum Gasteiger partial charge on any atom is -0.436 e. The molecule has 0 bridgehead atoms. The summed E-state index contributed by atoms with van der Waals surface area (Å²) in [5.41, 5.74) is 3.94. The Morgan fingerprint density at radius 3 is 2.70 bits per heavy atom. The zero-order chi connectivity index (χ0) is 18.5. The van der Waals surface area contributed by atoms with E-state index in [4.69, 9.17) is 4.42 Å². The van der Waals surface area contributed by atoms with E-state index in [-0.39, 0.29) is 6.85 Å². The maximum absolute atomic E-state index is 5.92. The van der Waals surface area contributed by atoms with Crippen molar-refractivity contribution in [1.82, 2.24) is 14.4 Å². The third-order valence-corrected chi connectivity index (χ3v) is 5.44. The van der Waals surface area contributed by atoms with E-state index in [1.807, 2.05) is 12.1 Å². The molecule has 1 aromatic carbocycles. The Kier molecular flexibility index (Phi) is 3.47. The summed E-state index contributed by atoms with van der Waals surface area (Å²) in [6.45, 7) is 2.26. The van der Waals surface area contributed by atoms with Crippen molar-refractivity contribution in [2.75, 3.05) is 7.05 Å². The Bertz CT molecular complexity index is 1270. The first-order valence-electron chi connectivity index (χ1n) is 9.06. The lowest BCUT2D eigenvalue weighted by Gasteiger charge is -2.20. The van der Waals surface area contributed by atoms with Crippen molar-refractivity contribution in [1.29, 1.82) is 0 Å². The number of rotatable bonds is 2. The molecule has 0 fully saturated rings. The van der Waals surface area contributed by atoms with Crippen molar-refractivity contribution in [3.8, 4) is 5.69 Å². The Labute approximate surface area is 157 Å². The van der Waals surface area contributed by atoms with Crippen LogP contribution in [0.5, 0.6) is 0 Å². The predicted octanol–water partition coefficient (Wildman–Crippen LogP) is 0.653. The Hall–Kier alpha value is -3.28. The fourth-order valence-electron chi connectivity index (χ4n) is 3.86. The molecule has 1 aliphatic heterocycles.